The normalized spacial score (nSPS) is 11.0. The first-order valence-electron chi connectivity index (χ1n) is 5.25. The first kappa shape index (κ1) is 14.9. The van der Waals surface area contributed by atoms with Gasteiger partial charge in [0.15, 0.2) is 0 Å². The Morgan fingerprint density at radius 2 is 2.00 bits per heavy atom. The highest BCUT2D eigenvalue weighted by atomic mass is 19.4. The van der Waals surface area contributed by atoms with E-state index in [9.17, 15) is 22.8 Å². The van der Waals surface area contributed by atoms with Crippen molar-refractivity contribution in [1.29, 1.82) is 0 Å². The summed E-state index contributed by atoms with van der Waals surface area (Å²) >= 11 is 0. The summed E-state index contributed by atoms with van der Waals surface area (Å²) in [6, 6.07) is 1.75. The lowest BCUT2D eigenvalue weighted by Gasteiger charge is -2.16. The van der Waals surface area contributed by atoms with Gasteiger partial charge in [0.25, 0.3) is 5.91 Å². The van der Waals surface area contributed by atoms with Gasteiger partial charge in [0.1, 0.15) is 5.69 Å². The number of hydrogen-bond acceptors (Lipinski definition) is 3. The lowest BCUT2D eigenvalue weighted by molar-refractivity contribution is -0.141. The van der Waals surface area contributed by atoms with Crippen molar-refractivity contribution < 1.29 is 22.8 Å². The molecule has 0 saturated heterocycles. The molecule has 0 unspecified atom stereocenters. The summed E-state index contributed by atoms with van der Waals surface area (Å²) < 4.78 is 36.9. The van der Waals surface area contributed by atoms with Crippen molar-refractivity contribution in [3.8, 4) is 0 Å². The molecule has 0 saturated carbocycles. The van der Waals surface area contributed by atoms with E-state index >= 15 is 0 Å². The van der Waals surface area contributed by atoms with Crippen LogP contribution in [0.1, 0.15) is 16.1 Å². The van der Waals surface area contributed by atoms with Gasteiger partial charge in [-0.05, 0) is 12.1 Å². The fraction of sp³-hybridized carbons (Fsp3) is 0.364. The van der Waals surface area contributed by atoms with Gasteiger partial charge < -0.3 is 10.2 Å². The number of rotatable bonds is 3. The summed E-state index contributed by atoms with van der Waals surface area (Å²) in [5, 5.41) is 2.33. The van der Waals surface area contributed by atoms with Gasteiger partial charge in [-0.1, -0.05) is 0 Å². The average Bonchev–Trinajstić information content (AvgIpc) is 2.36. The van der Waals surface area contributed by atoms with Crippen molar-refractivity contribution in [3.05, 3.63) is 29.6 Å². The topological polar surface area (TPSA) is 62.3 Å². The third-order valence-corrected chi connectivity index (χ3v) is 2.31. The molecule has 0 radical (unpaired) electrons. The first-order chi connectivity index (χ1) is 8.75. The zero-order chi connectivity index (χ0) is 14.6. The highest BCUT2D eigenvalue weighted by Gasteiger charge is 2.32. The Hall–Kier alpha value is -2.12. The number of alkyl halides is 3. The van der Waals surface area contributed by atoms with Crippen LogP contribution < -0.4 is 5.32 Å². The minimum absolute atomic E-state index is 0.0144. The molecule has 1 rings (SSSR count). The Balaban J connectivity index is 2.81. The van der Waals surface area contributed by atoms with E-state index < -0.39 is 17.8 Å². The Bertz CT molecular complexity index is 471. The number of likely N-dealkylation sites (N-methyl/N-ethyl adjacent to an activating group) is 2. The zero-order valence-corrected chi connectivity index (χ0v) is 10.3. The van der Waals surface area contributed by atoms with Crippen LogP contribution in [0.3, 0.4) is 0 Å². The molecule has 8 heteroatoms. The second-order valence-electron chi connectivity index (χ2n) is 3.76. The van der Waals surface area contributed by atoms with Gasteiger partial charge in [0, 0.05) is 20.3 Å². The van der Waals surface area contributed by atoms with Crippen LogP contribution in [0.25, 0.3) is 0 Å². The Morgan fingerprint density at radius 1 is 1.37 bits per heavy atom. The van der Waals surface area contributed by atoms with Crippen LogP contribution in [0.4, 0.5) is 13.2 Å². The minimum Gasteiger partial charge on any atom is -0.358 e. The molecule has 104 valence electrons. The predicted octanol–water partition coefficient (Wildman–Crippen LogP) is 0.918. The molecule has 1 aromatic rings. The van der Waals surface area contributed by atoms with Crippen LogP contribution in [-0.2, 0) is 11.0 Å². The summed E-state index contributed by atoms with van der Waals surface area (Å²) in [6.07, 6.45) is -3.71. The van der Waals surface area contributed by atoms with E-state index in [-0.39, 0.29) is 18.0 Å². The van der Waals surface area contributed by atoms with Crippen LogP contribution >= 0.6 is 0 Å². The Kier molecular flexibility index (Phi) is 4.47. The van der Waals surface area contributed by atoms with Crippen molar-refractivity contribution in [1.82, 2.24) is 15.2 Å². The third-order valence-electron chi connectivity index (χ3n) is 2.31. The molecule has 0 fully saturated rings. The van der Waals surface area contributed by atoms with E-state index in [1.54, 1.807) is 0 Å². The van der Waals surface area contributed by atoms with Crippen LogP contribution in [0.2, 0.25) is 0 Å². The second kappa shape index (κ2) is 5.68. The minimum atomic E-state index is -4.55. The van der Waals surface area contributed by atoms with E-state index in [1.807, 2.05) is 0 Å². The molecule has 5 nitrogen and oxygen atoms in total. The molecule has 0 aromatic carbocycles. The molecule has 0 bridgehead atoms. The van der Waals surface area contributed by atoms with Gasteiger partial charge in [-0.25, -0.2) is 0 Å². The van der Waals surface area contributed by atoms with Crippen LogP contribution in [-0.4, -0.2) is 42.3 Å². The summed E-state index contributed by atoms with van der Waals surface area (Å²) in [4.78, 5) is 27.1. The molecule has 1 heterocycles. The molecular formula is C11H12F3N3O2. The number of carbonyl (C=O) groups is 2. The Labute approximate surface area is 107 Å². The smallest absolute Gasteiger partial charge is 0.358 e. The van der Waals surface area contributed by atoms with Gasteiger partial charge in [-0.15, -0.1) is 0 Å². The molecular weight excluding hydrogens is 263 g/mol. The summed E-state index contributed by atoms with van der Waals surface area (Å²) in [7, 11) is 2.79. The third kappa shape index (κ3) is 3.94. The SMILES string of the molecule is CNC(=O)CN(C)C(=O)c1ccc(C(F)(F)F)nc1. The summed E-state index contributed by atoms with van der Waals surface area (Å²) in [5.74, 6) is -0.958. The number of carbonyl (C=O) groups excluding carboxylic acids is 2. The van der Waals surface area contributed by atoms with Crippen molar-refractivity contribution in [3.63, 3.8) is 0 Å². The average molecular weight is 275 g/mol. The summed E-state index contributed by atoms with van der Waals surface area (Å²) in [5.41, 5.74) is -1.09. The first-order valence-corrected chi connectivity index (χ1v) is 5.25. The highest BCUT2D eigenvalue weighted by Crippen LogP contribution is 2.27. The molecule has 0 aliphatic heterocycles. The lowest BCUT2D eigenvalue weighted by atomic mass is 10.2. The van der Waals surface area contributed by atoms with Gasteiger partial charge >= 0.3 is 6.18 Å². The fourth-order valence-corrected chi connectivity index (χ4v) is 1.27. The van der Waals surface area contributed by atoms with Gasteiger partial charge in [0.05, 0.1) is 12.1 Å². The molecule has 2 amide bonds. The van der Waals surface area contributed by atoms with Crippen LogP contribution in [0, 0.1) is 0 Å². The maximum Gasteiger partial charge on any atom is 0.433 e. The van der Waals surface area contributed by atoms with Gasteiger partial charge in [-0.3, -0.25) is 14.6 Å². The van der Waals surface area contributed by atoms with E-state index in [2.05, 4.69) is 10.3 Å². The largest absolute Gasteiger partial charge is 0.433 e. The van der Waals surface area contributed by atoms with E-state index in [0.29, 0.717) is 0 Å². The number of pyridine rings is 1. The van der Waals surface area contributed by atoms with E-state index in [0.717, 1.165) is 23.2 Å². The van der Waals surface area contributed by atoms with Gasteiger partial charge in [0.2, 0.25) is 5.91 Å². The number of hydrogen-bond donors (Lipinski definition) is 1. The second-order valence-corrected chi connectivity index (χ2v) is 3.76. The van der Waals surface area contributed by atoms with Crippen LogP contribution in [0.15, 0.2) is 18.3 Å². The Morgan fingerprint density at radius 3 is 2.42 bits per heavy atom. The number of nitrogens with one attached hydrogen (secondary N) is 1. The molecule has 19 heavy (non-hydrogen) atoms. The standard InChI is InChI=1S/C11H12F3N3O2/c1-15-9(18)6-17(2)10(19)7-3-4-8(16-5-7)11(12,13)14/h3-5H,6H2,1-2H3,(H,15,18). The van der Waals surface area contributed by atoms with Crippen molar-refractivity contribution >= 4 is 11.8 Å². The number of nitrogens with zero attached hydrogens (tertiary/aromatic N) is 2. The van der Waals surface area contributed by atoms with Crippen molar-refractivity contribution in [2.24, 2.45) is 0 Å². The highest BCUT2D eigenvalue weighted by molar-refractivity contribution is 5.96. The van der Waals surface area contributed by atoms with E-state index in [4.69, 9.17) is 0 Å². The molecule has 1 aromatic heterocycles. The number of amides is 2. The van der Waals surface area contributed by atoms with Gasteiger partial charge in [-0.2, -0.15) is 13.2 Å². The number of aromatic nitrogens is 1. The maximum atomic E-state index is 12.3. The van der Waals surface area contributed by atoms with Crippen molar-refractivity contribution in [2.45, 2.75) is 6.18 Å². The monoisotopic (exact) mass is 275 g/mol. The molecule has 0 atom stereocenters. The summed E-state index contributed by atoms with van der Waals surface area (Å²) in [6.45, 7) is -0.184. The molecule has 0 aliphatic rings. The fourth-order valence-electron chi connectivity index (χ4n) is 1.27. The quantitative estimate of drug-likeness (QED) is 0.892. The molecule has 0 aliphatic carbocycles. The lowest BCUT2D eigenvalue weighted by Crippen LogP contribution is -2.36. The van der Waals surface area contributed by atoms with E-state index in [1.165, 1.54) is 14.1 Å². The zero-order valence-electron chi connectivity index (χ0n) is 10.3. The van der Waals surface area contributed by atoms with Crippen LogP contribution in [0.5, 0.6) is 0 Å². The maximum absolute atomic E-state index is 12.3. The number of halogens is 3. The molecule has 0 spiro atoms. The molecule has 1 N–H and O–H groups in total. The predicted molar refractivity (Wildman–Crippen MR) is 60.3 cm³/mol. The van der Waals surface area contributed by atoms with Crippen molar-refractivity contribution in [2.75, 3.05) is 20.6 Å².